The van der Waals surface area contributed by atoms with Crippen molar-refractivity contribution in [3.05, 3.63) is 0 Å². The standard InChI is InChI=1S/C18H37N/c1-3-5-7-9-11-13-15-17-18(19)16-14-12-10-8-6-4-2/h19H,3-17H2,1-2H3. The van der Waals surface area contributed by atoms with Gasteiger partial charge in [0.25, 0.3) is 0 Å². The molecule has 0 radical (unpaired) electrons. The fraction of sp³-hybridized carbons (Fsp3) is 0.944. The summed E-state index contributed by atoms with van der Waals surface area (Å²) >= 11 is 0. The van der Waals surface area contributed by atoms with Crippen LogP contribution in [0.15, 0.2) is 0 Å². The molecule has 0 saturated heterocycles. The van der Waals surface area contributed by atoms with E-state index in [1.165, 1.54) is 83.5 Å². The summed E-state index contributed by atoms with van der Waals surface area (Å²) in [5.74, 6) is 0. The Morgan fingerprint density at radius 2 is 0.842 bits per heavy atom. The zero-order valence-electron chi connectivity index (χ0n) is 13.6. The second-order valence-electron chi connectivity index (χ2n) is 5.99. The van der Waals surface area contributed by atoms with Crippen LogP contribution < -0.4 is 0 Å². The van der Waals surface area contributed by atoms with Gasteiger partial charge in [-0.05, 0) is 25.7 Å². The van der Waals surface area contributed by atoms with Gasteiger partial charge in [0.2, 0.25) is 0 Å². The van der Waals surface area contributed by atoms with Crippen molar-refractivity contribution in [1.29, 1.82) is 5.41 Å². The highest BCUT2D eigenvalue weighted by Gasteiger charge is 1.98. The van der Waals surface area contributed by atoms with Crippen LogP contribution in [0.2, 0.25) is 0 Å². The molecule has 0 spiro atoms. The van der Waals surface area contributed by atoms with Gasteiger partial charge in [0.15, 0.2) is 0 Å². The Labute approximate surface area is 122 Å². The van der Waals surface area contributed by atoms with Gasteiger partial charge >= 0.3 is 0 Å². The second kappa shape index (κ2) is 15.7. The average molecular weight is 268 g/mol. The summed E-state index contributed by atoms with van der Waals surface area (Å²) in [7, 11) is 0. The van der Waals surface area contributed by atoms with Crippen molar-refractivity contribution >= 4 is 5.71 Å². The lowest BCUT2D eigenvalue weighted by Crippen LogP contribution is -1.96. The molecule has 0 aromatic rings. The lowest BCUT2D eigenvalue weighted by molar-refractivity contribution is 0.590. The molecule has 0 fully saturated rings. The third-order valence-electron chi connectivity index (χ3n) is 3.91. The molecule has 0 saturated carbocycles. The molecule has 0 aliphatic heterocycles. The fourth-order valence-corrected chi connectivity index (χ4v) is 2.54. The van der Waals surface area contributed by atoms with Crippen LogP contribution in [-0.4, -0.2) is 5.71 Å². The number of hydrogen-bond acceptors (Lipinski definition) is 1. The summed E-state index contributed by atoms with van der Waals surface area (Å²) in [6.45, 7) is 4.53. The van der Waals surface area contributed by atoms with E-state index in [-0.39, 0.29) is 0 Å². The predicted molar refractivity (Wildman–Crippen MR) is 88.3 cm³/mol. The summed E-state index contributed by atoms with van der Waals surface area (Å²) in [4.78, 5) is 0. The summed E-state index contributed by atoms with van der Waals surface area (Å²) in [6, 6.07) is 0. The average Bonchev–Trinajstić information content (AvgIpc) is 2.41. The minimum atomic E-state index is 1.00. The molecule has 0 unspecified atom stereocenters. The van der Waals surface area contributed by atoms with Crippen LogP contribution in [-0.2, 0) is 0 Å². The minimum Gasteiger partial charge on any atom is -0.310 e. The minimum absolute atomic E-state index is 1.00. The summed E-state index contributed by atoms with van der Waals surface area (Å²) in [5.41, 5.74) is 1.00. The Hall–Kier alpha value is -0.330. The van der Waals surface area contributed by atoms with Gasteiger partial charge in [-0.25, -0.2) is 0 Å². The molecule has 0 amide bonds. The third kappa shape index (κ3) is 15.6. The molecule has 19 heavy (non-hydrogen) atoms. The lowest BCUT2D eigenvalue weighted by Gasteiger charge is -2.04. The van der Waals surface area contributed by atoms with E-state index in [4.69, 9.17) is 5.41 Å². The number of rotatable bonds is 15. The predicted octanol–water partition coefficient (Wildman–Crippen LogP) is 6.90. The fourth-order valence-electron chi connectivity index (χ4n) is 2.54. The van der Waals surface area contributed by atoms with Crippen LogP contribution in [0.4, 0.5) is 0 Å². The van der Waals surface area contributed by atoms with Gasteiger partial charge in [-0.1, -0.05) is 84.5 Å². The van der Waals surface area contributed by atoms with Crippen molar-refractivity contribution in [2.45, 2.75) is 110 Å². The van der Waals surface area contributed by atoms with Crippen LogP contribution in [0.25, 0.3) is 0 Å². The van der Waals surface area contributed by atoms with Crippen molar-refractivity contribution in [3.8, 4) is 0 Å². The van der Waals surface area contributed by atoms with Gasteiger partial charge in [-0.2, -0.15) is 0 Å². The molecule has 1 heteroatoms. The maximum absolute atomic E-state index is 7.95. The molecule has 0 atom stereocenters. The first-order valence-corrected chi connectivity index (χ1v) is 8.87. The molecule has 0 rings (SSSR count). The van der Waals surface area contributed by atoms with E-state index in [9.17, 15) is 0 Å². The second-order valence-corrected chi connectivity index (χ2v) is 5.99. The first kappa shape index (κ1) is 18.7. The maximum Gasteiger partial charge on any atom is 0.00891 e. The van der Waals surface area contributed by atoms with Gasteiger partial charge in [-0.15, -0.1) is 0 Å². The summed E-state index contributed by atoms with van der Waals surface area (Å²) in [5, 5.41) is 7.95. The highest BCUT2D eigenvalue weighted by atomic mass is 14.4. The summed E-state index contributed by atoms with van der Waals surface area (Å²) < 4.78 is 0. The van der Waals surface area contributed by atoms with Crippen molar-refractivity contribution in [2.24, 2.45) is 0 Å². The third-order valence-corrected chi connectivity index (χ3v) is 3.91. The van der Waals surface area contributed by atoms with E-state index in [0.717, 1.165) is 18.6 Å². The molecule has 0 bridgehead atoms. The van der Waals surface area contributed by atoms with Gasteiger partial charge < -0.3 is 5.41 Å². The molecule has 0 aliphatic carbocycles. The zero-order valence-corrected chi connectivity index (χ0v) is 13.6. The quantitative estimate of drug-likeness (QED) is 0.246. The molecule has 114 valence electrons. The van der Waals surface area contributed by atoms with E-state index >= 15 is 0 Å². The normalized spacial score (nSPS) is 10.8. The van der Waals surface area contributed by atoms with Crippen molar-refractivity contribution in [2.75, 3.05) is 0 Å². The van der Waals surface area contributed by atoms with E-state index in [1.807, 2.05) is 0 Å². The first-order valence-electron chi connectivity index (χ1n) is 8.87. The van der Waals surface area contributed by atoms with Crippen LogP contribution in [0.3, 0.4) is 0 Å². The van der Waals surface area contributed by atoms with Gasteiger partial charge in [-0.3, -0.25) is 0 Å². The van der Waals surface area contributed by atoms with E-state index in [2.05, 4.69) is 13.8 Å². The molecular formula is C18H37N. The molecule has 0 heterocycles. The maximum atomic E-state index is 7.95. The van der Waals surface area contributed by atoms with Crippen molar-refractivity contribution in [1.82, 2.24) is 0 Å². The number of hydrogen-bond donors (Lipinski definition) is 1. The molecule has 0 aromatic carbocycles. The zero-order chi connectivity index (χ0) is 14.2. The van der Waals surface area contributed by atoms with E-state index < -0.39 is 0 Å². The van der Waals surface area contributed by atoms with Crippen LogP contribution >= 0.6 is 0 Å². The monoisotopic (exact) mass is 267 g/mol. The molecule has 0 aliphatic rings. The molecule has 0 aromatic heterocycles. The Morgan fingerprint density at radius 3 is 1.21 bits per heavy atom. The van der Waals surface area contributed by atoms with Crippen LogP contribution in [0.1, 0.15) is 110 Å². The highest BCUT2D eigenvalue weighted by molar-refractivity contribution is 5.81. The van der Waals surface area contributed by atoms with Crippen molar-refractivity contribution in [3.63, 3.8) is 0 Å². The Kier molecular flexibility index (Phi) is 15.5. The number of unbranched alkanes of at least 4 members (excludes halogenated alkanes) is 11. The van der Waals surface area contributed by atoms with E-state index in [0.29, 0.717) is 0 Å². The molecular weight excluding hydrogens is 230 g/mol. The van der Waals surface area contributed by atoms with Crippen molar-refractivity contribution < 1.29 is 0 Å². The van der Waals surface area contributed by atoms with Crippen LogP contribution in [0, 0.1) is 5.41 Å². The van der Waals surface area contributed by atoms with Gasteiger partial charge in [0.1, 0.15) is 0 Å². The molecule has 1 nitrogen and oxygen atoms in total. The van der Waals surface area contributed by atoms with E-state index in [1.54, 1.807) is 0 Å². The largest absolute Gasteiger partial charge is 0.310 e. The van der Waals surface area contributed by atoms with Crippen LogP contribution in [0.5, 0.6) is 0 Å². The topological polar surface area (TPSA) is 23.9 Å². The number of nitrogens with one attached hydrogen (secondary N) is 1. The van der Waals surface area contributed by atoms with Gasteiger partial charge in [0, 0.05) is 5.71 Å². The molecule has 1 N–H and O–H groups in total. The van der Waals surface area contributed by atoms with Gasteiger partial charge in [0.05, 0.1) is 0 Å². The Bertz CT molecular complexity index is 186. The summed E-state index contributed by atoms with van der Waals surface area (Å²) in [6.07, 6.45) is 19.7. The SMILES string of the molecule is CCCCCCCCCC(=N)CCCCCCCC. The Balaban J connectivity index is 3.13. The highest BCUT2D eigenvalue weighted by Crippen LogP contribution is 2.11. The first-order chi connectivity index (χ1) is 9.31. The lowest BCUT2D eigenvalue weighted by atomic mass is 10.0. The smallest absolute Gasteiger partial charge is 0.00891 e. The Morgan fingerprint density at radius 1 is 0.526 bits per heavy atom.